The zero-order valence-electron chi connectivity index (χ0n) is 21.2. The van der Waals surface area contributed by atoms with Gasteiger partial charge in [-0.2, -0.15) is 0 Å². The van der Waals surface area contributed by atoms with Gasteiger partial charge in [-0.1, -0.05) is 20.8 Å². The summed E-state index contributed by atoms with van der Waals surface area (Å²) in [5, 5.41) is 0.902. The molecule has 2 bridgehead atoms. The molecule has 1 aliphatic carbocycles. The molecule has 4 amide bonds. The smallest absolute Gasteiger partial charge is 0.332 e. The van der Waals surface area contributed by atoms with E-state index >= 15 is 0 Å². The van der Waals surface area contributed by atoms with Gasteiger partial charge in [0, 0.05) is 31.9 Å². The molecule has 3 aliphatic heterocycles. The summed E-state index contributed by atoms with van der Waals surface area (Å²) in [6.07, 6.45) is 2.99. The lowest BCUT2D eigenvalue weighted by Crippen LogP contribution is -2.72. The number of nitrogens with zero attached hydrogens (tertiary/aromatic N) is 4. The quantitative estimate of drug-likeness (QED) is 0.585. The Morgan fingerprint density at radius 3 is 2.34 bits per heavy atom. The number of barbiturate groups is 1. The van der Waals surface area contributed by atoms with Crippen LogP contribution in [0.15, 0.2) is 24.3 Å². The first kappa shape index (κ1) is 22.3. The fraction of sp³-hybridized carbons (Fsp3) is 0.556. The van der Waals surface area contributed by atoms with E-state index in [2.05, 4.69) is 25.7 Å². The molecule has 4 heterocycles. The van der Waals surface area contributed by atoms with E-state index in [0.717, 1.165) is 57.1 Å². The summed E-state index contributed by atoms with van der Waals surface area (Å²) in [6.45, 7) is 6.77. The lowest BCUT2D eigenvalue weighted by Gasteiger charge is -2.54. The van der Waals surface area contributed by atoms with Gasteiger partial charge in [0.05, 0.1) is 18.7 Å². The van der Waals surface area contributed by atoms with Gasteiger partial charge in [-0.05, 0) is 59.9 Å². The van der Waals surface area contributed by atoms with Gasteiger partial charge in [-0.3, -0.25) is 19.4 Å². The Morgan fingerprint density at radius 1 is 1.00 bits per heavy atom. The highest BCUT2D eigenvalue weighted by Crippen LogP contribution is 2.64. The van der Waals surface area contributed by atoms with Gasteiger partial charge in [-0.25, -0.2) is 9.78 Å². The minimum absolute atomic E-state index is 0.0644. The van der Waals surface area contributed by atoms with Crippen molar-refractivity contribution in [3.8, 4) is 5.75 Å². The Labute approximate surface area is 205 Å². The molecule has 1 saturated carbocycles. The molecule has 35 heavy (non-hydrogen) atoms. The minimum atomic E-state index is -1.37. The molecule has 2 saturated heterocycles. The second kappa shape index (κ2) is 6.74. The fourth-order valence-electron chi connectivity index (χ4n) is 8.10. The van der Waals surface area contributed by atoms with Crippen LogP contribution in [0.1, 0.15) is 45.6 Å². The first-order chi connectivity index (χ1) is 16.4. The Balaban J connectivity index is 1.64. The first-order valence-electron chi connectivity index (χ1n) is 12.3. The summed E-state index contributed by atoms with van der Waals surface area (Å²) in [5.41, 5.74) is 0.149. The van der Waals surface area contributed by atoms with Crippen molar-refractivity contribution >= 4 is 34.6 Å². The van der Waals surface area contributed by atoms with Crippen LogP contribution in [-0.4, -0.2) is 65.9 Å². The molecule has 6 rings (SSSR count). The average molecular weight is 477 g/mol. The largest absolute Gasteiger partial charge is 0.497 e. The molecule has 3 atom stereocenters. The maximum atomic E-state index is 14.1. The van der Waals surface area contributed by atoms with E-state index in [1.807, 2.05) is 24.3 Å². The number of methoxy groups -OCH3 is 1. The van der Waals surface area contributed by atoms with Gasteiger partial charge in [0.1, 0.15) is 11.6 Å². The number of urea groups is 1. The van der Waals surface area contributed by atoms with Crippen LogP contribution >= 0.6 is 0 Å². The van der Waals surface area contributed by atoms with Crippen molar-refractivity contribution in [1.82, 2.24) is 14.8 Å². The Hall–Kier alpha value is -3.16. The molecule has 184 valence electrons. The highest BCUT2D eigenvalue weighted by atomic mass is 16.5. The number of carbonyl (C=O) groups excluding carboxylic acids is 3. The molecular weight excluding hydrogens is 444 g/mol. The van der Waals surface area contributed by atoms with Gasteiger partial charge in [0.25, 0.3) is 0 Å². The summed E-state index contributed by atoms with van der Waals surface area (Å²) in [4.78, 5) is 50.6. The molecule has 1 aromatic carbocycles. The highest BCUT2D eigenvalue weighted by Gasteiger charge is 2.72. The SMILES string of the molecule is COc1ccc2nc3c(cc2c1)CC1(C(=O)N(C)C(=O)N(C)C1=O)[C@H]1N3[C@@H]2CC(C)(C)C[C@]1(C)C2. The van der Waals surface area contributed by atoms with Crippen molar-refractivity contribution < 1.29 is 19.1 Å². The number of imide groups is 2. The van der Waals surface area contributed by atoms with Crippen LogP contribution in [0.25, 0.3) is 10.9 Å². The van der Waals surface area contributed by atoms with E-state index in [0.29, 0.717) is 0 Å². The number of hydrogen-bond donors (Lipinski definition) is 0. The third kappa shape index (κ3) is 2.74. The Morgan fingerprint density at radius 2 is 1.69 bits per heavy atom. The predicted molar refractivity (Wildman–Crippen MR) is 131 cm³/mol. The van der Waals surface area contributed by atoms with Crippen molar-refractivity contribution in [3.63, 3.8) is 0 Å². The molecule has 0 radical (unpaired) electrons. The van der Waals surface area contributed by atoms with E-state index in [1.54, 1.807) is 7.11 Å². The monoisotopic (exact) mass is 476 g/mol. The Kier molecular flexibility index (Phi) is 4.30. The number of amides is 4. The average Bonchev–Trinajstić information content (AvgIpc) is 3.04. The number of benzene rings is 1. The normalized spacial score (nSPS) is 30.7. The van der Waals surface area contributed by atoms with Gasteiger partial charge >= 0.3 is 6.03 Å². The summed E-state index contributed by atoms with van der Waals surface area (Å²) < 4.78 is 5.42. The first-order valence-corrected chi connectivity index (χ1v) is 12.3. The van der Waals surface area contributed by atoms with Crippen LogP contribution < -0.4 is 9.64 Å². The number of rotatable bonds is 1. The zero-order valence-corrected chi connectivity index (χ0v) is 21.2. The number of anilines is 1. The molecule has 8 heteroatoms. The van der Waals surface area contributed by atoms with Gasteiger partial charge < -0.3 is 9.64 Å². The van der Waals surface area contributed by atoms with Crippen LogP contribution in [0.2, 0.25) is 0 Å². The summed E-state index contributed by atoms with van der Waals surface area (Å²) in [7, 11) is 4.61. The molecule has 8 nitrogen and oxygen atoms in total. The highest BCUT2D eigenvalue weighted by molar-refractivity contribution is 6.20. The summed E-state index contributed by atoms with van der Waals surface area (Å²) in [5.74, 6) is 0.795. The molecule has 4 aliphatic rings. The maximum Gasteiger partial charge on any atom is 0.332 e. The number of ether oxygens (including phenoxy) is 1. The van der Waals surface area contributed by atoms with E-state index in [4.69, 9.17) is 9.72 Å². The van der Waals surface area contributed by atoms with Crippen LogP contribution in [0.4, 0.5) is 10.6 Å². The summed E-state index contributed by atoms with van der Waals surface area (Å²) >= 11 is 0. The van der Waals surface area contributed by atoms with Crippen LogP contribution in [0.3, 0.4) is 0 Å². The van der Waals surface area contributed by atoms with Crippen molar-refractivity contribution in [3.05, 3.63) is 29.8 Å². The standard InChI is InChI=1S/C27H32N4O4/c1-25(2)12-17-13-26(3,14-25)21-27(22(32)29(4)24(34)30(5)23(27)33)11-16-9-15-10-18(35-6)7-8-19(15)28-20(16)31(17)21/h7-10,17,21H,11-14H2,1-6H3/t17-,21+,26+/m1/s1. The molecule has 0 N–H and O–H groups in total. The van der Waals surface area contributed by atoms with Crippen molar-refractivity contribution in [2.75, 3.05) is 26.1 Å². The molecule has 0 unspecified atom stereocenters. The predicted octanol–water partition coefficient (Wildman–Crippen LogP) is 3.61. The maximum absolute atomic E-state index is 14.1. The number of pyridine rings is 1. The number of carbonyl (C=O) groups is 3. The molecule has 3 fully saturated rings. The molecular formula is C27H32N4O4. The fourth-order valence-corrected chi connectivity index (χ4v) is 8.10. The van der Waals surface area contributed by atoms with Crippen molar-refractivity contribution in [2.24, 2.45) is 16.2 Å². The van der Waals surface area contributed by atoms with E-state index in [1.165, 1.54) is 14.1 Å². The molecule has 2 aromatic rings. The van der Waals surface area contributed by atoms with Crippen molar-refractivity contribution in [1.29, 1.82) is 0 Å². The topological polar surface area (TPSA) is 83.0 Å². The number of fused-ring (bicyclic) bond motifs is 9. The van der Waals surface area contributed by atoms with E-state index in [9.17, 15) is 14.4 Å². The molecule has 1 spiro atoms. The Bertz CT molecular complexity index is 1300. The molecule has 1 aromatic heterocycles. The van der Waals surface area contributed by atoms with Gasteiger partial charge in [0.15, 0.2) is 5.41 Å². The van der Waals surface area contributed by atoms with Gasteiger partial charge in [-0.15, -0.1) is 0 Å². The van der Waals surface area contributed by atoms with Crippen LogP contribution in [-0.2, 0) is 16.0 Å². The van der Waals surface area contributed by atoms with Gasteiger partial charge in [0.2, 0.25) is 11.8 Å². The second-order valence-corrected chi connectivity index (χ2v) is 12.1. The lowest BCUT2D eigenvalue weighted by molar-refractivity contribution is -0.161. The second-order valence-electron chi connectivity index (χ2n) is 12.1. The zero-order chi connectivity index (χ0) is 25.1. The van der Waals surface area contributed by atoms with E-state index < -0.39 is 23.3 Å². The lowest BCUT2D eigenvalue weighted by atomic mass is 9.56. The minimum Gasteiger partial charge on any atom is -0.497 e. The van der Waals surface area contributed by atoms with Crippen LogP contribution in [0, 0.1) is 16.2 Å². The third-order valence-electron chi connectivity index (χ3n) is 8.91. The number of aromatic nitrogens is 1. The summed E-state index contributed by atoms with van der Waals surface area (Å²) in [6, 6.07) is 7.07. The third-order valence-corrected chi connectivity index (χ3v) is 8.91. The van der Waals surface area contributed by atoms with E-state index in [-0.39, 0.29) is 29.3 Å². The number of hydrogen-bond acceptors (Lipinski definition) is 6. The van der Waals surface area contributed by atoms with Crippen molar-refractivity contribution in [2.45, 2.75) is 58.5 Å². The van der Waals surface area contributed by atoms with Crippen LogP contribution in [0.5, 0.6) is 5.75 Å².